The molecule has 23 heavy (non-hydrogen) atoms. The van der Waals surface area contributed by atoms with Gasteiger partial charge < -0.3 is 15.0 Å². The van der Waals surface area contributed by atoms with Crippen LogP contribution in [0.4, 0.5) is 20.2 Å². The third kappa shape index (κ3) is 3.59. The number of nitrogens with zero attached hydrogens (tertiary/aromatic N) is 1. The summed E-state index contributed by atoms with van der Waals surface area (Å²) in [5.74, 6) is 0.0632. The van der Waals surface area contributed by atoms with Crippen molar-refractivity contribution < 1.29 is 18.3 Å². The van der Waals surface area contributed by atoms with Crippen molar-refractivity contribution in [3.63, 3.8) is 0 Å². The van der Waals surface area contributed by atoms with Gasteiger partial charge in [-0.05, 0) is 42.3 Å². The van der Waals surface area contributed by atoms with Crippen molar-refractivity contribution in [1.82, 2.24) is 0 Å². The number of carbonyl (C=O) groups is 1. The summed E-state index contributed by atoms with van der Waals surface area (Å²) >= 11 is 0. The number of halogens is 2. The van der Waals surface area contributed by atoms with Gasteiger partial charge in [-0.1, -0.05) is 18.2 Å². The number of ether oxygens (including phenoxy) is 1. The monoisotopic (exact) mass is 318 g/mol. The molecule has 0 radical (unpaired) electrons. The molecule has 1 N–H and O–H groups in total. The molecule has 0 bridgehead atoms. The molecule has 2 aromatic rings. The summed E-state index contributed by atoms with van der Waals surface area (Å²) in [6.45, 7) is -2.02. The Kier molecular flexibility index (Phi) is 4.41. The lowest BCUT2D eigenvalue weighted by molar-refractivity contribution is -0.116. The van der Waals surface area contributed by atoms with Gasteiger partial charge in [0.15, 0.2) is 0 Å². The molecule has 1 amide bonds. The lowest BCUT2D eigenvalue weighted by atomic mass is 10.2. The Morgan fingerprint density at radius 3 is 2.65 bits per heavy atom. The van der Waals surface area contributed by atoms with Gasteiger partial charge in [0, 0.05) is 17.9 Å². The van der Waals surface area contributed by atoms with Gasteiger partial charge in [0.1, 0.15) is 5.75 Å². The highest BCUT2D eigenvalue weighted by Gasteiger charge is 2.23. The van der Waals surface area contributed by atoms with Crippen LogP contribution in [0.2, 0.25) is 0 Å². The molecular weight excluding hydrogens is 302 g/mol. The molecule has 3 rings (SSSR count). The Labute approximate surface area is 132 Å². The van der Waals surface area contributed by atoms with Crippen LogP contribution in [0.5, 0.6) is 5.75 Å². The highest BCUT2D eigenvalue weighted by molar-refractivity contribution is 5.98. The van der Waals surface area contributed by atoms with Gasteiger partial charge >= 0.3 is 6.61 Å². The van der Waals surface area contributed by atoms with Crippen molar-refractivity contribution in [1.29, 1.82) is 0 Å². The van der Waals surface area contributed by atoms with E-state index in [4.69, 9.17) is 0 Å². The van der Waals surface area contributed by atoms with Gasteiger partial charge in [0.2, 0.25) is 5.91 Å². The number of hydrogen-bond acceptors (Lipinski definition) is 3. The van der Waals surface area contributed by atoms with Gasteiger partial charge in [-0.3, -0.25) is 4.79 Å². The lowest BCUT2D eigenvalue weighted by Gasteiger charge is -2.18. The van der Waals surface area contributed by atoms with Crippen LogP contribution in [0, 0.1) is 0 Å². The van der Waals surface area contributed by atoms with Gasteiger partial charge in [-0.15, -0.1) is 0 Å². The number of nitrogens with one attached hydrogen (secondary N) is 1. The van der Waals surface area contributed by atoms with E-state index in [-0.39, 0.29) is 18.2 Å². The van der Waals surface area contributed by atoms with Crippen LogP contribution in [-0.4, -0.2) is 25.6 Å². The van der Waals surface area contributed by atoms with Crippen molar-refractivity contribution in [2.24, 2.45) is 0 Å². The molecule has 0 aliphatic carbocycles. The molecule has 0 saturated heterocycles. The van der Waals surface area contributed by atoms with Crippen LogP contribution < -0.4 is 15.0 Å². The zero-order chi connectivity index (χ0) is 16.2. The minimum absolute atomic E-state index is 0.0251. The minimum Gasteiger partial charge on any atom is -0.435 e. The number of anilines is 2. The number of para-hydroxylation sites is 1. The molecule has 2 aromatic carbocycles. The molecule has 1 heterocycles. The topological polar surface area (TPSA) is 41.6 Å². The molecule has 0 fully saturated rings. The highest BCUT2D eigenvalue weighted by Crippen LogP contribution is 2.27. The van der Waals surface area contributed by atoms with Crippen molar-refractivity contribution in [2.75, 3.05) is 23.3 Å². The van der Waals surface area contributed by atoms with Crippen LogP contribution in [-0.2, 0) is 11.2 Å². The molecule has 0 unspecified atom stereocenters. The molecule has 6 heteroatoms. The highest BCUT2D eigenvalue weighted by atomic mass is 19.3. The Morgan fingerprint density at radius 1 is 1.17 bits per heavy atom. The molecular formula is C17H16F2N2O2. The van der Waals surface area contributed by atoms with E-state index in [1.807, 2.05) is 24.3 Å². The summed E-state index contributed by atoms with van der Waals surface area (Å²) in [6.07, 6.45) is 0.863. The minimum atomic E-state index is -2.84. The second-order valence-electron chi connectivity index (χ2n) is 5.18. The smallest absolute Gasteiger partial charge is 0.387 e. The molecule has 0 aromatic heterocycles. The van der Waals surface area contributed by atoms with Crippen LogP contribution in [0.15, 0.2) is 48.5 Å². The van der Waals surface area contributed by atoms with Gasteiger partial charge in [0.05, 0.1) is 6.54 Å². The first kappa shape index (κ1) is 15.3. The maximum atomic E-state index is 12.3. The number of alkyl halides is 2. The summed E-state index contributed by atoms with van der Waals surface area (Å²) in [5.41, 5.74) is 2.81. The van der Waals surface area contributed by atoms with Crippen LogP contribution >= 0.6 is 0 Å². The number of benzene rings is 2. The van der Waals surface area contributed by atoms with Gasteiger partial charge in [0.25, 0.3) is 0 Å². The third-order valence-electron chi connectivity index (χ3n) is 3.71. The number of hydrogen-bond donors (Lipinski definition) is 1. The number of amides is 1. The first-order valence-corrected chi connectivity index (χ1v) is 7.30. The van der Waals surface area contributed by atoms with E-state index in [9.17, 15) is 13.6 Å². The normalized spacial score (nSPS) is 13.1. The average Bonchev–Trinajstić information content (AvgIpc) is 2.97. The maximum Gasteiger partial charge on any atom is 0.387 e. The molecule has 0 atom stereocenters. The fourth-order valence-corrected chi connectivity index (χ4v) is 2.62. The van der Waals surface area contributed by atoms with Crippen LogP contribution in [0.1, 0.15) is 5.56 Å². The third-order valence-corrected chi connectivity index (χ3v) is 3.71. The largest absolute Gasteiger partial charge is 0.435 e. The van der Waals surface area contributed by atoms with E-state index in [1.165, 1.54) is 17.7 Å². The zero-order valence-electron chi connectivity index (χ0n) is 12.3. The number of carbonyl (C=O) groups excluding carboxylic acids is 1. The summed E-state index contributed by atoms with van der Waals surface area (Å²) in [7, 11) is 0. The Balaban J connectivity index is 1.57. The molecule has 0 saturated carbocycles. The summed E-state index contributed by atoms with van der Waals surface area (Å²) < 4.78 is 28.4. The van der Waals surface area contributed by atoms with Crippen molar-refractivity contribution in [3.8, 4) is 5.75 Å². The molecule has 0 spiro atoms. The Morgan fingerprint density at radius 2 is 1.91 bits per heavy atom. The van der Waals surface area contributed by atoms with Gasteiger partial charge in [-0.2, -0.15) is 8.78 Å². The number of rotatable bonds is 5. The fraction of sp³-hybridized carbons (Fsp3) is 0.235. The lowest BCUT2D eigenvalue weighted by Crippen LogP contribution is -2.34. The standard InChI is InChI=1S/C17H16F2N2O2/c18-17(19)23-14-7-5-13(6-8-14)20-11-16(22)21-10-9-12-3-1-2-4-15(12)21/h1-8,17,20H,9-11H2. The zero-order valence-corrected chi connectivity index (χ0v) is 12.3. The predicted octanol–water partition coefficient (Wildman–Crippen LogP) is 3.29. The average molecular weight is 318 g/mol. The SMILES string of the molecule is O=C(CNc1ccc(OC(F)F)cc1)N1CCc2ccccc21. The fourth-order valence-electron chi connectivity index (χ4n) is 2.62. The molecule has 1 aliphatic rings. The first-order valence-electron chi connectivity index (χ1n) is 7.30. The van der Waals surface area contributed by atoms with Crippen molar-refractivity contribution in [2.45, 2.75) is 13.0 Å². The summed E-state index contributed by atoms with van der Waals surface area (Å²) in [4.78, 5) is 14.1. The Bertz CT molecular complexity index is 689. The summed E-state index contributed by atoms with van der Waals surface area (Å²) in [6, 6.07) is 13.9. The first-order chi connectivity index (χ1) is 11.1. The maximum absolute atomic E-state index is 12.3. The second kappa shape index (κ2) is 6.64. The van der Waals surface area contributed by atoms with Crippen molar-refractivity contribution in [3.05, 3.63) is 54.1 Å². The quantitative estimate of drug-likeness (QED) is 0.920. The van der Waals surface area contributed by atoms with Crippen LogP contribution in [0.25, 0.3) is 0 Å². The van der Waals surface area contributed by atoms with E-state index in [0.29, 0.717) is 12.2 Å². The van der Waals surface area contributed by atoms with Gasteiger partial charge in [-0.25, -0.2) is 0 Å². The van der Waals surface area contributed by atoms with E-state index >= 15 is 0 Å². The van der Waals surface area contributed by atoms with E-state index in [0.717, 1.165) is 12.1 Å². The van der Waals surface area contributed by atoms with Crippen LogP contribution in [0.3, 0.4) is 0 Å². The second-order valence-corrected chi connectivity index (χ2v) is 5.18. The van der Waals surface area contributed by atoms with E-state index in [1.54, 1.807) is 17.0 Å². The van der Waals surface area contributed by atoms with E-state index in [2.05, 4.69) is 10.1 Å². The molecule has 4 nitrogen and oxygen atoms in total. The molecule has 120 valence electrons. The predicted molar refractivity (Wildman–Crippen MR) is 84.1 cm³/mol. The molecule has 1 aliphatic heterocycles. The number of fused-ring (bicyclic) bond motifs is 1. The van der Waals surface area contributed by atoms with Crippen molar-refractivity contribution >= 4 is 17.3 Å². The van der Waals surface area contributed by atoms with E-state index < -0.39 is 6.61 Å². The summed E-state index contributed by atoms with van der Waals surface area (Å²) in [5, 5.41) is 3.00. The Hall–Kier alpha value is -2.63.